The maximum absolute atomic E-state index is 12.8. The molecule has 1 aromatic heterocycles. The largest absolute Gasteiger partial charge is 0.452 e. The highest BCUT2D eigenvalue weighted by atomic mass is 16.5. The minimum atomic E-state index is -0.401. The van der Waals surface area contributed by atoms with Crippen LogP contribution in [0, 0.1) is 0 Å². The predicted molar refractivity (Wildman–Crippen MR) is 157 cm³/mol. The fourth-order valence-corrected chi connectivity index (χ4v) is 5.10. The van der Waals surface area contributed by atoms with Crippen LogP contribution in [0.25, 0.3) is 11.4 Å². The Kier molecular flexibility index (Phi) is 8.13. The van der Waals surface area contributed by atoms with E-state index in [1.54, 1.807) is 18.2 Å². The van der Waals surface area contributed by atoms with E-state index in [9.17, 15) is 9.59 Å². The van der Waals surface area contributed by atoms with Gasteiger partial charge in [-0.2, -0.15) is 15.0 Å². The van der Waals surface area contributed by atoms with Crippen LogP contribution in [0.4, 0.5) is 28.1 Å². The number of benzene rings is 2. The van der Waals surface area contributed by atoms with Crippen LogP contribution in [0.2, 0.25) is 0 Å². The first kappa shape index (κ1) is 27.8. The number of ether oxygens (including phenoxy) is 3. The van der Waals surface area contributed by atoms with Crippen molar-refractivity contribution in [1.82, 2.24) is 19.9 Å². The number of esters is 1. The van der Waals surface area contributed by atoms with E-state index in [4.69, 9.17) is 29.2 Å². The summed E-state index contributed by atoms with van der Waals surface area (Å²) < 4.78 is 16.5. The summed E-state index contributed by atoms with van der Waals surface area (Å²) in [5.74, 6) is 1.47. The molecule has 0 saturated carbocycles. The molecule has 0 radical (unpaired) electrons. The molecule has 0 spiro atoms. The molecule has 6 rings (SSSR count). The van der Waals surface area contributed by atoms with Crippen LogP contribution in [0.3, 0.4) is 0 Å². The molecule has 13 heteroatoms. The number of fused-ring (bicyclic) bond motifs is 1. The summed E-state index contributed by atoms with van der Waals surface area (Å²) in [6.07, 6.45) is -0.372. The van der Waals surface area contributed by atoms with Gasteiger partial charge in [0.05, 0.1) is 32.0 Å². The van der Waals surface area contributed by atoms with Crippen LogP contribution in [0.5, 0.6) is 0 Å². The molecule has 0 aliphatic carbocycles. The standard InChI is InChI=1S/C29H34N8O5/c1-35(2)18-24-23-17-21(7-8-22(23)26(38)42-24)31-29(39)30-20-5-3-19(4-6-20)25-32-27(36-9-13-40-14-10-36)34-28(33-25)37-11-15-41-16-12-37/h3-8,17,24H,9-16,18H2,1-2H3,(H2,30,31,39). The number of cyclic esters (lactones) is 1. The van der Waals surface area contributed by atoms with Gasteiger partial charge in [0.15, 0.2) is 5.82 Å². The molecule has 2 amide bonds. The van der Waals surface area contributed by atoms with Crippen molar-refractivity contribution in [2.45, 2.75) is 6.10 Å². The van der Waals surface area contributed by atoms with Crippen LogP contribution >= 0.6 is 0 Å². The van der Waals surface area contributed by atoms with Crippen molar-refractivity contribution in [3.8, 4) is 11.4 Å². The van der Waals surface area contributed by atoms with Gasteiger partial charge in [-0.1, -0.05) is 0 Å². The summed E-state index contributed by atoms with van der Waals surface area (Å²) >= 11 is 0. The Labute approximate surface area is 243 Å². The van der Waals surface area contributed by atoms with Crippen molar-refractivity contribution in [2.24, 2.45) is 0 Å². The summed E-state index contributed by atoms with van der Waals surface area (Å²) in [5.41, 5.74) is 3.28. The Bertz CT molecular complexity index is 1400. The Hall–Kier alpha value is -4.33. The van der Waals surface area contributed by atoms with Gasteiger partial charge in [-0.05, 0) is 56.6 Å². The third-order valence-electron chi connectivity index (χ3n) is 7.26. The van der Waals surface area contributed by atoms with Crippen molar-refractivity contribution in [2.75, 3.05) is 93.7 Å². The zero-order chi connectivity index (χ0) is 29.1. The zero-order valence-corrected chi connectivity index (χ0v) is 23.7. The molecule has 2 saturated heterocycles. The first-order chi connectivity index (χ1) is 20.4. The highest BCUT2D eigenvalue weighted by Crippen LogP contribution is 2.33. The van der Waals surface area contributed by atoms with E-state index in [-0.39, 0.29) is 12.1 Å². The Morgan fingerprint density at radius 3 is 2.02 bits per heavy atom. The number of nitrogens with one attached hydrogen (secondary N) is 2. The number of hydrogen-bond acceptors (Lipinski definition) is 11. The van der Waals surface area contributed by atoms with E-state index in [2.05, 4.69) is 20.4 Å². The van der Waals surface area contributed by atoms with Crippen LogP contribution in [0.1, 0.15) is 22.0 Å². The molecule has 1 unspecified atom stereocenters. The molecular formula is C29H34N8O5. The van der Waals surface area contributed by atoms with Gasteiger partial charge in [0.1, 0.15) is 6.10 Å². The summed E-state index contributed by atoms with van der Waals surface area (Å²) in [6, 6.07) is 12.1. The van der Waals surface area contributed by atoms with Gasteiger partial charge in [-0.25, -0.2) is 9.59 Å². The molecular weight excluding hydrogens is 540 g/mol. The minimum Gasteiger partial charge on any atom is -0.452 e. The number of rotatable bonds is 7. The number of amides is 2. The lowest BCUT2D eigenvalue weighted by Gasteiger charge is -2.30. The first-order valence-corrected chi connectivity index (χ1v) is 14.0. The molecule has 2 N–H and O–H groups in total. The van der Waals surface area contributed by atoms with Gasteiger partial charge >= 0.3 is 12.0 Å². The fraction of sp³-hybridized carbons (Fsp3) is 0.414. The Morgan fingerprint density at radius 2 is 1.43 bits per heavy atom. The fourth-order valence-electron chi connectivity index (χ4n) is 5.10. The maximum atomic E-state index is 12.8. The topological polar surface area (TPSA) is 134 Å². The van der Waals surface area contributed by atoms with Crippen molar-refractivity contribution in [3.05, 3.63) is 53.6 Å². The summed E-state index contributed by atoms with van der Waals surface area (Å²) in [6.45, 7) is 5.94. The van der Waals surface area contributed by atoms with E-state index in [1.165, 1.54) is 0 Å². The number of urea groups is 1. The predicted octanol–water partition coefficient (Wildman–Crippen LogP) is 2.63. The summed E-state index contributed by atoms with van der Waals surface area (Å²) in [4.78, 5) is 45.5. The van der Waals surface area contributed by atoms with Gasteiger partial charge in [0, 0.05) is 55.2 Å². The third-order valence-corrected chi connectivity index (χ3v) is 7.26. The third kappa shape index (κ3) is 6.27. The molecule has 3 aliphatic heterocycles. The van der Waals surface area contributed by atoms with E-state index in [0.717, 1.165) is 11.1 Å². The van der Waals surface area contributed by atoms with Crippen LogP contribution < -0.4 is 20.4 Å². The van der Waals surface area contributed by atoms with Crippen molar-refractivity contribution in [1.29, 1.82) is 0 Å². The molecule has 0 bridgehead atoms. The van der Waals surface area contributed by atoms with Gasteiger partial charge in [0.2, 0.25) is 11.9 Å². The molecule has 2 fully saturated rings. The summed E-state index contributed by atoms with van der Waals surface area (Å²) in [7, 11) is 3.83. The highest BCUT2D eigenvalue weighted by molar-refractivity contribution is 6.01. The van der Waals surface area contributed by atoms with Gasteiger partial charge in [-0.15, -0.1) is 0 Å². The van der Waals surface area contributed by atoms with Gasteiger partial charge in [-0.3, -0.25) is 0 Å². The van der Waals surface area contributed by atoms with Crippen molar-refractivity contribution >= 4 is 35.3 Å². The van der Waals surface area contributed by atoms with E-state index in [1.807, 2.05) is 43.3 Å². The molecule has 3 aliphatic rings. The Balaban J connectivity index is 1.16. The number of aromatic nitrogens is 3. The van der Waals surface area contributed by atoms with Gasteiger partial charge < -0.3 is 39.5 Å². The maximum Gasteiger partial charge on any atom is 0.339 e. The van der Waals surface area contributed by atoms with E-state index in [0.29, 0.717) is 93.8 Å². The molecule has 4 heterocycles. The second kappa shape index (κ2) is 12.3. The second-order valence-corrected chi connectivity index (χ2v) is 10.6. The first-order valence-electron chi connectivity index (χ1n) is 14.0. The molecule has 1 atom stereocenters. The normalized spacial score (nSPS) is 18.5. The number of carbonyl (C=O) groups is 2. The average molecular weight is 575 g/mol. The average Bonchev–Trinajstić information content (AvgIpc) is 3.31. The monoisotopic (exact) mass is 574 g/mol. The highest BCUT2D eigenvalue weighted by Gasteiger charge is 2.31. The SMILES string of the molecule is CN(C)CC1OC(=O)c2ccc(NC(=O)Nc3ccc(-c4nc(N5CCOCC5)nc(N5CCOCC5)n4)cc3)cc21. The number of morpholine rings is 2. The van der Waals surface area contributed by atoms with Crippen molar-refractivity contribution in [3.63, 3.8) is 0 Å². The minimum absolute atomic E-state index is 0.347. The van der Waals surface area contributed by atoms with Crippen LogP contribution in [-0.4, -0.2) is 105 Å². The quantitative estimate of drug-likeness (QED) is 0.403. The number of anilines is 4. The molecule has 2 aromatic carbocycles. The van der Waals surface area contributed by atoms with Crippen molar-refractivity contribution < 1.29 is 23.8 Å². The Morgan fingerprint density at radius 1 is 0.857 bits per heavy atom. The summed E-state index contributed by atoms with van der Waals surface area (Å²) in [5, 5.41) is 5.71. The smallest absolute Gasteiger partial charge is 0.339 e. The van der Waals surface area contributed by atoms with Crippen LogP contribution in [0.15, 0.2) is 42.5 Å². The van der Waals surface area contributed by atoms with E-state index < -0.39 is 6.03 Å². The van der Waals surface area contributed by atoms with E-state index >= 15 is 0 Å². The molecule has 13 nitrogen and oxygen atoms in total. The van der Waals surface area contributed by atoms with Gasteiger partial charge in [0.25, 0.3) is 0 Å². The lowest BCUT2D eigenvalue weighted by molar-refractivity contribution is 0.0331. The number of carbonyl (C=O) groups excluding carboxylic acids is 2. The second-order valence-electron chi connectivity index (χ2n) is 10.6. The lowest BCUT2D eigenvalue weighted by atomic mass is 10.0. The number of likely N-dealkylation sites (N-methyl/N-ethyl adjacent to an activating group) is 1. The number of nitrogens with zero attached hydrogens (tertiary/aromatic N) is 6. The molecule has 220 valence electrons. The molecule has 3 aromatic rings. The zero-order valence-electron chi connectivity index (χ0n) is 23.7. The molecule has 42 heavy (non-hydrogen) atoms. The number of hydrogen-bond donors (Lipinski definition) is 2. The van der Waals surface area contributed by atoms with Crippen LogP contribution in [-0.2, 0) is 14.2 Å². The lowest BCUT2D eigenvalue weighted by Crippen LogP contribution is -2.40.